The first kappa shape index (κ1) is 15.0. The van der Waals surface area contributed by atoms with Crippen molar-refractivity contribution in [2.75, 3.05) is 0 Å². The highest BCUT2D eigenvalue weighted by atomic mass is 35.5. The van der Waals surface area contributed by atoms with Gasteiger partial charge in [-0.3, -0.25) is 0 Å². The zero-order valence-corrected chi connectivity index (χ0v) is 12.7. The first-order valence-electron chi connectivity index (χ1n) is 5.54. The fourth-order valence-electron chi connectivity index (χ4n) is 1.75. The SMILES string of the molecule is OC(Cc1cc(Cl)ccc1Cl)c1ccc(Cl)c(Cl)c1. The van der Waals surface area contributed by atoms with Gasteiger partial charge in [0.05, 0.1) is 16.1 Å². The molecule has 2 aromatic rings. The number of benzene rings is 2. The lowest BCUT2D eigenvalue weighted by molar-refractivity contribution is 0.178. The molecule has 1 N–H and O–H groups in total. The molecule has 2 aromatic carbocycles. The van der Waals surface area contributed by atoms with E-state index < -0.39 is 6.10 Å². The highest BCUT2D eigenvalue weighted by Gasteiger charge is 2.12. The molecule has 0 amide bonds. The smallest absolute Gasteiger partial charge is 0.0831 e. The van der Waals surface area contributed by atoms with Crippen LogP contribution in [0.15, 0.2) is 36.4 Å². The summed E-state index contributed by atoms with van der Waals surface area (Å²) in [6.07, 6.45) is -0.358. The van der Waals surface area contributed by atoms with Crippen LogP contribution in [0.1, 0.15) is 17.2 Å². The van der Waals surface area contributed by atoms with Gasteiger partial charge in [-0.1, -0.05) is 52.5 Å². The van der Waals surface area contributed by atoms with Crippen LogP contribution in [-0.2, 0) is 6.42 Å². The molecule has 2 rings (SSSR count). The van der Waals surface area contributed by atoms with Gasteiger partial charge < -0.3 is 5.11 Å². The molecule has 0 radical (unpaired) electrons. The molecule has 0 aliphatic heterocycles. The van der Waals surface area contributed by atoms with Gasteiger partial charge >= 0.3 is 0 Å². The van der Waals surface area contributed by atoms with E-state index in [4.69, 9.17) is 46.4 Å². The number of aliphatic hydroxyl groups is 1. The molecule has 0 heterocycles. The van der Waals surface area contributed by atoms with E-state index in [0.29, 0.717) is 32.1 Å². The molecule has 0 fully saturated rings. The highest BCUT2D eigenvalue weighted by molar-refractivity contribution is 6.42. The van der Waals surface area contributed by atoms with Gasteiger partial charge in [0.2, 0.25) is 0 Å². The number of hydrogen-bond donors (Lipinski definition) is 1. The van der Waals surface area contributed by atoms with E-state index in [0.717, 1.165) is 5.56 Å². The third kappa shape index (κ3) is 3.77. The predicted octanol–water partition coefficient (Wildman–Crippen LogP) is 5.58. The van der Waals surface area contributed by atoms with Gasteiger partial charge in [-0.15, -0.1) is 0 Å². The van der Waals surface area contributed by atoms with Gasteiger partial charge in [0.15, 0.2) is 0 Å². The van der Waals surface area contributed by atoms with E-state index in [-0.39, 0.29) is 0 Å². The van der Waals surface area contributed by atoms with Crippen molar-refractivity contribution in [3.63, 3.8) is 0 Å². The molecular weight excluding hydrogens is 326 g/mol. The molecule has 1 nitrogen and oxygen atoms in total. The zero-order valence-electron chi connectivity index (χ0n) is 9.71. The van der Waals surface area contributed by atoms with Crippen LogP contribution in [0.4, 0.5) is 0 Å². The quantitative estimate of drug-likeness (QED) is 0.776. The maximum absolute atomic E-state index is 10.2. The third-order valence-electron chi connectivity index (χ3n) is 2.75. The minimum Gasteiger partial charge on any atom is -0.388 e. The van der Waals surface area contributed by atoms with E-state index in [1.807, 2.05) is 0 Å². The average molecular weight is 336 g/mol. The average Bonchev–Trinajstić information content (AvgIpc) is 2.37. The molecule has 0 aliphatic carbocycles. The lowest BCUT2D eigenvalue weighted by Gasteiger charge is -2.13. The Kier molecular flexibility index (Phi) is 4.99. The van der Waals surface area contributed by atoms with Gasteiger partial charge in [-0.25, -0.2) is 0 Å². The van der Waals surface area contributed by atoms with E-state index in [2.05, 4.69) is 0 Å². The first-order valence-corrected chi connectivity index (χ1v) is 7.05. The lowest BCUT2D eigenvalue weighted by atomic mass is 10.0. The Labute approximate surface area is 131 Å². The summed E-state index contributed by atoms with van der Waals surface area (Å²) in [6.45, 7) is 0. The van der Waals surface area contributed by atoms with E-state index in [1.165, 1.54) is 0 Å². The number of rotatable bonds is 3. The Morgan fingerprint density at radius 2 is 1.53 bits per heavy atom. The molecule has 0 aliphatic rings. The van der Waals surface area contributed by atoms with Crippen molar-refractivity contribution >= 4 is 46.4 Å². The molecule has 5 heteroatoms. The second-order valence-electron chi connectivity index (χ2n) is 4.13. The number of hydrogen-bond acceptors (Lipinski definition) is 1. The Morgan fingerprint density at radius 1 is 0.842 bits per heavy atom. The standard InChI is InChI=1S/C14H10Cl4O/c15-10-2-4-11(16)9(5-10)7-14(19)8-1-3-12(17)13(18)6-8/h1-6,14,19H,7H2. The molecule has 0 bridgehead atoms. The molecule has 19 heavy (non-hydrogen) atoms. The van der Waals surface area contributed by atoms with Crippen molar-refractivity contribution in [3.8, 4) is 0 Å². The predicted molar refractivity (Wildman–Crippen MR) is 81.6 cm³/mol. The Bertz CT molecular complexity index is 598. The van der Waals surface area contributed by atoms with Crippen molar-refractivity contribution in [2.24, 2.45) is 0 Å². The summed E-state index contributed by atoms with van der Waals surface area (Å²) in [4.78, 5) is 0. The van der Waals surface area contributed by atoms with E-state index in [9.17, 15) is 5.11 Å². The molecular formula is C14H10Cl4O. The van der Waals surface area contributed by atoms with Crippen molar-refractivity contribution in [3.05, 3.63) is 67.6 Å². The van der Waals surface area contributed by atoms with Crippen LogP contribution >= 0.6 is 46.4 Å². The summed E-state index contributed by atoms with van der Waals surface area (Å²) in [5, 5.41) is 12.2. The zero-order chi connectivity index (χ0) is 14.0. The van der Waals surface area contributed by atoms with Crippen molar-refractivity contribution in [2.45, 2.75) is 12.5 Å². The van der Waals surface area contributed by atoms with Crippen molar-refractivity contribution in [1.29, 1.82) is 0 Å². The monoisotopic (exact) mass is 334 g/mol. The molecule has 100 valence electrons. The Morgan fingerprint density at radius 3 is 2.21 bits per heavy atom. The fourth-order valence-corrected chi connectivity index (χ4v) is 2.44. The summed E-state index contributed by atoms with van der Waals surface area (Å²) >= 11 is 23.7. The minimum atomic E-state index is -0.717. The van der Waals surface area contributed by atoms with Gasteiger partial charge in [-0.05, 0) is 41.5 Å². The summed E-state index contributed by atoms with van der Waals surface area (Å²) in [5.74, 6) is 0. The second-order valence-corrected chi connectivity index (χ2v) is 5.79. The van der Waals surface area contributed by atoms with Gasteiger partial charge in [0.1, 0.15) is 0 Å². The van der Waals surface area contributed by atoms with E-state index in [1.54, 1.807) is 36.4 Å². The summed E-state index contributed by atoms with van der Waals surface area (Å²) < 4.78 is 0. The van der Waals surface area contributed by atoms with Gasteiger partial charge in [-0.2, -0.15) is 0 Å². The lowest BCUT2D eigenvalue weighted by Crippen LogP contribution is -2.02. The Balaban J connectivity index is 2.22. The maximum Gasteiger partial charge on any atom is 0.0831 e. The number of aliphatic hydroxyl groups excluding tert-OH is 1. The van der Waals surface area contributed by atoms with Crippen LogP contribution in [0.25, 0.3) is 0 Å². The van der Waals surface area contributed by atoms with Crippen molar-refractivity contribution in [1.82, 2.24) is 0 Å². The minimum absolute atomic E-state index is 0.358. The van der Waals surface area contributed by atoms with Crippen LogP contribution in [0, 0.1) is 0 Å². The van der Waals surface area contributed by atoms with Crippen LogP contribution in [-0.4, -0.2) is 5.11 Å². The van der Waals surface area contributed by atoms with E-state index >= 15 is 0 Å². The molecule has 0 saturated carbocycles. The van der Waals surface area contributed by atoms with Crippen LogP contribution < -0.4 is 0 Å². The van der Waals surface area contributed by atoms with Crippen molar-refractivity contribution < 1.29 is 5.11 Å². The summed E-state index contributed by atoms with van der Waals surface area (Å²) in [5.41, 5.74) is 1.47. The van der Waals surface area contributed by atoms with Crippen LogP contribution in [0.2, 0.25) is 20.1 Å². The fraction of sp³-hybridized carbons (Fsp3) is 0.143. The second kappa shape index (κ2) is 6.34. The summed E-state index contributed by atoms with van der Waals surface area (Å²) in [6, 6.07) is 10.2. The summed E-state index contributed by atoms with van der Waals surface area (Å²) in [7, 11) is 0. The highest BCUT2D eigenvalue weighted by Crippen LogP contribution is 2.29. The molecule has 0 aromatic heterocycles. The van der Waals surface area contributed by atoms with Crippen LogP contribution in [0.5, 0.6) is 0 Å². The maximum atomic E-state index is 10.2. The molecule has 1 atom stereocenters. The van der Waals surface area contributed by atoms with Gasteiger partial charge in [0, 0.05) is 16.5 Å². The largest absolute Gasteiger partial charge is 0.388 e. The Hall–Kier alpha value is -0.440. The normalized spacial score (nSPS) is 12.5. The first-order chi connectivity index (χ1) is 8.97. The third-order valence-corrected chi connectivity index (χ3v) is 4.09. The molecule has 0 spiro atoms. The number of halogens is 4. The molecule has 0 saturated heterocycles. The topological polar surface area (TPSA) is 20.2 Å². The van der Waals surface area contributed by atoms with Gasteiger partial charge in [0.25, 0.3) is 0 Å². The molecule has 1 unspecified atom stereocenters. The van der Waals surface area contributed by atoms with Crippen LogP contribution in [0.3, 0.4) is 0 Å².